The lowest BCUT2D eigenvalue weighted by molar-refractivity contribution is -0.122. The maximum Gasteiger partial charge on any atom is 0.244 e. The molecule has 3 aliphatic rings. The number of rotatable bonds is 3. The SMILES string of the molecule is O=C(CN1C(=O)[C@@H]2CCCC2=Nc2ccccc21)Nc1ccc2c(c1)OCCO2. The number of amides is 2. The molecule has 0 unspecified atom stereocenters. The predicted octanol–water partition coefficient (Wildman–Crippen LogP) is 3.32. The largest absolute Gasteiger partial charge is 0.486 e. The lowest BCUT2D eigenvalue weighted by atomic mass is 10.1. The Morgan fingerprint density at radius 2 is 1.97 bits per heavy atom. The first-order valence-electron chi connectivity index (χ1n) is 9.86. The summed E-state index contributed by atoms with van der Waals surface area (Å²) in [5.74, 6) is 0.713. The summed E-state index contributed by atoms with van der Waals surface area (Å²) in [6.07, 6.45) is 2.57. The van der Waals surface area contributed by atoms with Crippen molar-refractivity contribution in [2.45, 2.75) is 19.3 Å². The van der Waals surface area contributed by atoms with Crippen LogP contribution < -0.4 is 19.7 Å². The number of nitrogens with zero attached hydrogens (tertiary/aromatic N) is 2. The molecule has 2 aromatic rings. The summed E-state index contributed by atoms with van der Waals surface area (Å²) in [5, 5.41) is 2.87. The molecule has 0 radical (unpaired) electrons. The monoisotopic (exact) mass is 391 g/mol. The number of para-hydroxylation sites is 2. The fourth-order valence-corrected chi connectivity index (χ4v) is 4.10. The fourth-order valence-electron chi connectivity index (χ4n) is 4.10. The van der Waals surface area contributed by atoms with Crippen molar-refractivity contribution >= 4 is 34.6 Å². The molecule has 2 aliphatic heterocycles. The molecule has 29 heavy (non-hydrogen) atoms. The van der Waals surface area contributed by atoms with Crippen LogP contribution in [0, 0.1) is 5.92 Å². The number of hydrogen-bond donors (Lipinski definition) is 1. The van der Waals surface area contributed by atoms with Crippen LogP contribution in [0.1, 0.15) is 19.3 Å². The highest BCUT2D eigenvalue weighted by Crippen LogP contribution is 2.38. The molecular weight excluding hydrogens is 370 g/mol. The van der Waals surface area contributed by atoms with Crippen molar-refractivity contribution in [1.29, 1.82) is 0 Å². The van der Waals surface area contributed by atoms with Gasteiger partial charge in [-0.2, -0.15) is 0 Å². The summed E-state index contributed by atoms with van der Waals surface area (Å²) in [6.45, 7) is 0.928. The van der Waals surface area contributed by atoms with Crippen LogP contribution >= 0.6 is 0 Å². The topological polar surface area (TPSA) is 80.2 Å². The third-order valence-corrected chi connectivity index (χ3v) is 5.46. The minimum atomic E-state index is -0.272. The van der Waals surface area contributed by atoms with Gasteiger partial charge in [-0.1, -0.05) is 12.1 Å². The molecule has 2 heterocycles. The van der Waals surface area contributed by atoms with Crippen LogP contribution in [0.5, 0.6) is 11.5 Å². The van der Waals surface area contributed by atoms with Crippen molar-refractivity contribution < 1.29 is 19.1 Å². The molecule has 7 nitrogen and oxygen atoms in total. The summed E-state index contributed by atoms with van der Waals surface area (Å²) < 4.78 is 11.1. The van der Waals surface area contributed by atoms with Crippen LogP contribution in [-0.4, -0.2) is 37.3 Å². The van der Waals surface area contributed by atoms with Gasteiger partial charge in [0.2, 0.25) is 11.8 Å². The highest BCUT2D eigenvalue weighted by atomic mass is 16.6. The van der Waals surface area contributed by atoms with E-state index in [1.54, 1.807) is 23.1 Å². The number of aliphatic imine (C=N–C) groups is 1. The van der Waals surface area contributed by atoms with Gasteiger partial charge in [-0.15, -0.1) is 0 Å². The van der Waals surface area contributed by atoms with Crippen LogP contribution in [0.3, 0.4) is 0 Å². The molecule has 0 spiro atoms. The Labute approximate surface area is 168 Å². The zero-order chi connectivity index (χ0) is 19.8. The Morgan fingerprint density at radius 3 is 2.86 bits per heavy atom. The second kappa shape index (κ2) is 7.24. The molecule has 148 valence electrons. The second-order valence-electron chi connectivity index (χ2n) is 7.37. The van der Waals surface area contributed by atoms with Crippen LogP contribution in [-0.2, 0) is 9.59 Å². The number of nitrogens with one attached hydrogen (secondary N) is 1. The average molecular weight is 391 g/mol. The molecular formula is C22H21N3O4. The van der Waals surface area contributed by atoms with Crippen molar-refractivity contribution in [2.75, 3.05) is 30.0 Å². The third-order valence-electron chi connectivity index (χ3n) is 5.46. The summed E-state index contributed by atoms with van der Waals surface area (Å²) in [6, 6.07) is 12.8. The van der Waals surface area contributed by atoms with E-state index in [4.69, 9.17) is 14.5 Å². The first kappa shape index (κ1) is 17.7. The molecule has 0 bridgehead atoms. The number of anilines is 2. The van der Waals surface area contributed by atoms with Gasteiger partial charge in [0, 0.05) is 17.5 Å². The van der Waals surface area contributed by atoms with Gasteiger partial charge >= 0.3 is 0 Å². The van der Waals surface area contributed by atoms with E-state index in [0.29, 0.717) is 36.1 Å². The molecule has 1 saturated carbocycles. The number of carbonyl (C=O) groups is 2. The smallest absolute Gasteiger partial charge is 0.244 e. The molecule has 0 saturated heterocycles. The summed E-state index contributed by atoms with van der Waals surface area (Å²) in [5.41, 5.74) is 2.95. The maximum absolute atomic E-state index is 13.2. The van der Waals surface area contributed by atoms with Crippen LogP contribution in [0.2, 0.25) is 0 Å². The van der Waals surface area contributed by atoms with Gasteiger partial charge in [0.1, 0.15) is 19.8 Å². The van der Waals surface area contributed by atoms with Gasteiger partial charge in [-0.3, -0.25) is 14.6 Å². The molecule has 0 aromatic heterocycles. The standard InChI is InChI=1S/C22H21N3O4/c26-21(23-14-8-9-19-20(12-14)29-11-10-28-19)13-25-18-7-2-1-5-17(18)24-16-6-3-4-15(16)22(25)27/h1-2,5,7-9,12,15H,3-4,6,10-11,13H2,(H,23,26)/t15-/m1/s1. The summed E-state index contributed by atoms with van der Waals surface area (Å²) >= 11 is 0. The quantitative estimate of drug-likeness (QED) is 0.870. The Morgan fingerprint density at radius 1 is 1.14 bits per heavy atom. The van der Waals surface area contributed by atoms with Gasteiger partial charge in [-0.25, -0.2) is 0 Å². The molecule has 1 fully saturated rings. The number of ether oxygens (including phenoxy) is 2. The molecule has 7 heteroatoms. The normalized spacial score (nSPS) is 19.7. The lowest BCUT2D eigenvalue weighted by Gasteiger charge is -2.24. The zero-order valence-corrected chi connectivity index (χ0v) is 15.9. The minimum Gasteiger partial charge on any atom is -0.486 e. The summed E-state index contributed by atoms with van der Waals surface area (Å²) in [7, 11) is 0. The second-order valence-corrected chi connectivity index (χ2v) is 7.37. The number of fused-ring (bicyclic) bond motifs is 3. The predicted molar refractivity (Wildman–Crippen MR) is 109 cm³/mol. The van der Waals surface area contributed by atoms with Crippen LogP contribution in [0.25, 0.3) is 0 Å². The van der Waals surface area contributed by atoms with E-state index in [-0.39, 0.29) is 24.3 Å². The van der Waals surface area contributed by atoms with Crippen molar-refractivity contribution in [3.8, 4) is 11.5 Å². The Bertz CT molecular complexity index is 1020. The van der Waals surface area contributed by atoms with Gasteiger partial charge in [0.05, 0.1) is 17.3 Å². The Kier molecular flexibility index (Phi) is 4.42. The molecule has 5 rings (SSSR count). The van der Waals surface area contributed by atoms with Gasteiger partial charge < -0.3 is 19.7 Å². The van der Waals surface area contributed by atoms with E-state index < -0.39 is 0 Å². The molecule has 2 aromatic carbocycles. The highest BCUT2D eigenvalue weighted by Gasteiger charge is 2.37. The van der Waals surface area contributed by atoms with E-state index in [2.05, 4.69) is 5.32 Å². The first-order chi connectivity index (χ1) is 14.2. The van der Waals surface area contributed by atoms with Gasteiger partial charge in [0.25, 0.3) is 0 Å². The van der Waals surface area contributed by atoms with E-state index in [1.165, 1.54) is 0 Å². The van der Waals surface area contributed by atoms with Crippen LogP contribution in [0.4, 0.5) is 17.1 Å². The molecule has 1 N–H and O–H groups in total. The number of hydrogen-bond acceptors (Lipinski definition) is 5. The van der Waals surface area contributed by atoms with Crippen molar-refractivity contribution in [3.05, 3.63) is 42.5 Å². The van der Waals surface area contributed by atoms with Crippen molar-refractivity contribution in [3.63, 3.8) is 0 Å². The minimum absolute atomic E-state index is 0.0523. The van der Waals surface area contributed by atoms with Gasteiger partial charge in [0.15, 0.2) is 11.5 Å². The molecule has 1 aliphatic carbocycles. The Hall–Kier alpha value is -3.35. The van der Waals surface area contributed by atoms with E-state index in [9.17, 15) is 9.59 Å². The average Bonchev–Trinajstić information content (AvgIpc) is 3.16. The van der Waals surface area contributed by atoms with E-state index in [1.807, 2.05) is 24.3 Å². The fraction of sp³-hybridized carbons (Fsp3) is 0.318. The van der Waals surface area contributed by atoms with Gasteiger partial charge in [-0.05, 0) is 43.5 Å². The Balaban J connectivity index is 1.38. The lowest BCUT2D eigenvalue weighted by Crippen LogP contribution is -2.41. The first-order valence-corrected chi connectivity index (χ1v) is 9.86. The van der Waals surface area contributed by atoms with Crippen LogP contribution in [0.15, 0.2) is 47.5 Å². The number of carbonyl (C=O) groups excluding carboxylic acids is 2. The maximum atomic E-state index is 13.2. The highest BCUT2D eigenvalue weighted by molar-refractivity contribution is 6.16. The van der Waals surface area contributed by atoms with Crippen molar-refractivity contribution in [2.24, 2.45) is 10.9 Å². The van der Waals surface area contributed by atoms with E-state index in [0.717, 1.165) is 30.7 Å². The summed E-state index contributed by atoms with van der Waals surface area (Å²) in [4.78, 5) is 32.3. The third kappa shape index (κ3) is 3.33. The molecule has 1 atom stereocenters. The molecule has 2 amide bonds. The van der Waals surface area contributed by atoms with Crippen molar-refractivity contribution in [1.82, 2.24) is 0 Å². The number of benzene rings is 2. The van der Waals surface area contributed by atoms with E-state index >= 15 is 0 Å². The zero-order valence-electron chi connectivity index (χ0n) is 15.9.